The highest BCUT2D eigenvalue weighted by atomic mass is 16.3. The number of aromatic hydroxyl groups is 1. The minimum absolute atomic E-state index is 0.215. The molecule has 5 nitrogen and oxygen atoms in total. The molecule has 2 amide bonds. The molecule has 0 bridgehead atoms. The van der Waals surface area contributed by atoms with E-state index in [9.17, 15) is 9.90 Å². The molecule has 0 radical (unpaired) electrons. The van der Waals surface area contributed by atoms with Gasteiger partial charge in [0.15, 0.2) is 0 Å². The normalized spacial score (nSPS) is 11.5. The number of nitrogens with two attached hydrogens (primary N) is 1. The van der Waals surface area contributed by atoms with Gasteiger partial charge >= 0.3 is 6.03 Å². The number of carbonyl (C=O) groups is 1. The van der Waals surface area contributed by atoms with Crippen LogP contribution in [0.4, 0.5) is 4.79 Å². The van der Waals surface area contributed by atoms with E-state index in [1.54, 1.807) is 24.3 Å². The maximum atomic E-state index is 10.9. The van der Waals surface area contributed by atoms with Crippen molar-refractivity contribution in [1.82, 2.24) is 5.43 Å². The number of hydrazone groups is 1. The zero-order chi connectivity index (χ0) is 20.5. The standard InChI is InChI=1S/C23H39N3O2/c1-2-3-4-5-6-7-8-9-10-11-12-13-14-15-22(25-26-23(24)28)20-16-18-21(27)19-17-20/h16-19,27H,2-15H2,1H3,(H3,24,26,28)/b25-22-. The summed E-state index contributed by atoms with van der Waals surface area (Å²) in [6, 6.07) is 6.19. The Balaban J connectivity index is 2.13. The monoisotopic (exact) mass is 389 g/mol. The largest absolute Gasteiger partial charge is 0.508 e. The first kappa shape index (κ1) is 24.0. The first-order valence-electron chi connectivity index (χ1n) is 11.0. The predicted octanol–water partition coefficient (Wildman–Crippen LogP) is 6.25. The summed E-state index contributed by atoms with van der Waals surface area (Å²) in [5.74, 6) is 0.215. The second kappa shape index (κ2) is 16.0. The van der Waals surface area contributed by atoms with E-state index < -0.39 is 6.03 Å². The molecule has 28 heavy (non-hydrogen) atoms. The number of primary amides is 1. The van der Waals surface area contributed by atoms with Gasteiger partial charge in [0.05, 0.1) is 5.71 Å². The molecule has 0 saturated heterocycles. The summed E-state index contributed by atoms with van der Waals surface area (Å²) in [5, 5.41) is 13.6. The Morgan fingerprint density at radius 1 is 0.857 bits per heavy atom. The molecule has 0 aliphatic rings. The molecule has 1 aromatic carbocycles. The van der Waals surface area contributed by atoms with Gasteiger partial charge in [-0.3, -0.25) is 0 Å². The number of carbonyl (C=O) groups excluding carboxylic acids is 1. The SMILES string of the molecule is CCCCCCCCCCCCCCC/C(=N/NC(N)=O)c1ccc(O)cc1. The van der Waals surface area contributed by atoms with Crippen LogP contribution in [0.25, 0.3) is 0 Å². The van der Waals surface area contributed by atoms with Gasteiger partial charge in [0, 0.05) is 0 Å². The summed E-state index contributed by atoms with van der Waals surface area (Å²) in [7, 11) is 0. The van der Waals surface area contributed by atoms with Crippen LogP contribution in [0.1, 0.15) is 102 Å². The molecule has 0 atom stereocenters. The number of nitrogens with one attached hydrogen (secondary N) is 1. The molecule has 4 N–H and O–H groups in total. The lowest BCUT2D eigenvalue weighted by Gasteiger charge is -2.08. The molecular weight excluding hydrogens is 350 g/mol. The van der Waals surface area contributed by atoms with Crippen LogP contribution in [0.5, 0.6) is 5.75 Å². The Labute approximate surface area is 170 Å². The minimum Gasteiger partial charge on any atom is -0.508 e. The van der Waals surface area contributed by atoms with Crippen molar-refractivity contribution in [2.45, 2.75) is 96.8 Å². The van der Waals surface area contributed by atoms with Crippen LogP contribution < -0.4 is 11.2 Å². The van der Waals surface area contributed by atoms with Crippen LogP contribution in [0.3, 0.4) is 0 Å². The van der Waals surface area contributed by atoms with Crippen LogP contribution in [-0.4, -0.2) is 16.8 Å². The van der Waals surface area contributed by atoms with Crippen LogP contribution >= 0.6 is 0 Å². The molecule has 0 aromatic heterocycles. The summed E-state index contributed by atoms with van der Waals surface area (Å²) in [6.07, 6.45) is 17.9. The van der Waals surface area contributed by atoms with Crippen molar-refractivity contribution in [2.75, 3.05) is 0 Å². The summed E-state index contributed by atoms with van der Waals surface area (Å²) in [5.41, 5.74) is 9.13. The first-order valence-corrected chi connectivity index (χ1v) is 11.0. The number of hydrogen-bond acceptors (Lipinski definition) is 3. The lowest BCUT2D eigenvalue weighted by Crippen LogP contribution is -2.26. The summed E-state index contributed by atoms with van der Waals surface area (Å²) in [6.45, 7) is 2.26. The second-order valence-corrected chi connectivity index (χ2v) is 7.57. The number of hydrogen-bond donors (Lipinski definition) is 3. The molecule has 0 fully saturated rings. The fraction of sp³-hybridized carbons (Fsp3) is 0.652. The number of phenolic OH excluding ortho intramolecular Hbond substituents is 1. The lowest BCUT2D eigenvalue weighted by molar-refractivity contribution is 0.249. The molecule has 158 valence electrons. The molecule has 1 aromatic rings. The first-order chi connectivity index (χ1) is 13.6. The van der Waals surface area contributed by atoms with Crippen molar-refractivity contribution in [3.05, 3.63) is 29.8 Å². The van der Waals surface area contributed by atoms with Crippen LogP contribution in [0, 0.1) is 0 Å². The minimum atomic E-state index is -0.665. The third kappa shape index (κ3) is 12.4. The fourth-order valence-electron chi connectivity index (χ4n) is 3.35. The Morgan fingerprint density at radius 3 is 1.79 bits per heavy atom. The van der Waals surface area contributed by atoms with E-state index in [4.69, 9.17) is 5.73 Å². The predicted molar refractivity (Wildman–Crippen MR) is 118 cm³/mol. The fourth-order valence-corrected chi connectivity index (χ4v) is 3.35. The lowest BCUT2D eigenvalue weighted by atomic mass is 10.0. The zero-order valence-electron chi connectivity index (χ0n) is 17.6. The molecule has 0 heterocycles. The van der Waals surface area contributed by atoms with E-state index in [1.807, 2.05) is 0 Å². The average Bonchev–Trinajstić information content (AvgIpc) is 2.68. The summed E-state index contributed by atoms with van der Waals surface area (Å²) in [4.78, 5) is 10.9. The zero-order valence-corrected chi connectivity index (χ0v) is 17.6. The van der Waals surface area contributed by atoms with E-state index in [2.05, 4.69) is 17.5 Å². The van der Waals surface area contributed by atoms with E-state index in [0.717, 1.165) is 30.5 Å². The van der Waals surface area contributed by atoms with Crippen LogP contribution in [0.2, 0.25) is 0 Å². The Hall–Kier alpha value is -2.04. The number of phenols is 1. The highest BCUT2D eigenvalue weighted by Crippen LogP contribution is 2.16. The molecular formula is C23H39N3O2. The van der Waals surface area contributed by atoms with Crippen molar-refractivity contribution in [2.24, 2.45) is 10.8 Å². The van der Waals surface area contributed by atoms with E-state index in [0.29, 0.717) is 0 Å². The molecule has 5 heteroatoms. The maximum absolute atomic E-state index is 10.9. The number of rotatable bonds is 16. The molecule has 0 saturated carbocycles. The van der Waals surface area contributed by atoms with Gasteiger partial charge in [-0.05, 0) is 42.7 Å². The average molecular weight is 390 g/mol. The Kier molecular flexibility index (Phi) is 13.7. The van der Waals surface area contributed by atoms with Gasteiger partial charge in [0.2, 0.25) is 0 Å². The van der Waals surface area contributed by atoms with Crippen molar-refractivity contribution in [3.63, 3.8) is 0 Å². The van der Waals surface area contributed by atoms with Gasteiger partial charge < -0.3 is 10.8 Å². The van der Waals surface area contributed by atoms with Gasteiger partial charge in [-0.2, -0.15) is 5.10 Å². The van der Waals surface area contributed by atoms with Gasteiger partial charge in [0.1, 0.15) is 5.75 Å². The molecule has 0 aliphatic carbocycles. The number of urea groups is 1. The van der Waals surface area contributed by atoms with Crippen molar-refractivity contribution < 1.29 is 9.90 Å². The highest BCUT2D eigenvalue weighted by molar-refractivity contribution is 6.01. The van der Waals surface area contributed by atoms with Gasteiger partial charge in [0.25, 0.3) is 0 Å². The van der Waals surface area contributed by atoms with Gasteiger partial charge in [-0.1, -0.05) is 84.0 Å². The van der Waals surface area contributed by atoms with E-state index >= 15 is 0 Å². The number of unbranched alkanes of at least 4 members (excludes halogenated alkanes) is 12. The molecule has 0 unspecified atom stereocenters. The highest BCUT2D eigenvalue weighted by Gasteiger charge is 2.05. The molecule has 0 aliphatic heterocycles. The quantitative estimate of drug-likeness (QED) is 0.177. The third-order valence-corrected chi connectivity index (χ3v) is 5.02. The van der Waals surface area contributed by atoms with E-state index in [1.165, 1.54) is 70.6 Å². The number of benzene rings is 1. The number of nitrogens with zero attached hydrogens (tertiary/aromatic N) is 1. The number of amides is 2. The van der Waals surface area contributed by atoms with Gasteiger partial charge in [-0.25, -0.2) is 10.2 Å². The maximum Gasteiger partial charge on any atom is 0.332 e. The smallest absolute Gasteiger partial charge is 0.332 e. The van der Waals surface area contributed by atoms with Crippen molar-refractivity contribution in [3.8, 4) is 5.75 Å². The molecule has 1 rings (SSSR count). The topological polar surface area (TPSA) is 87.7 Å². The second-order valence-electron chi connectivity index (χ2n) is 7.57. The third-order valence-electron chi connectivity index (χ3n) is 5.02. The summed E-state index contributed by atoms with van der Waals surface area (Å²) >= 11 is 0. The Bertz CT molecular complexity index is 555. The van der Waals surface area contributed by atoms with Crippen molar-refractivity contribution in [1.29, 1.82) is 0 Å². The van der Waals surface area contributed by atoms with Crippen LogP contribution in [0.15, 0.2) is 29.4 Å². The Morgan fingerprint density at radius 2 is 1.32 bits per heavy atom. The van der Waals surface area contributed by atoms with Gasteiger partial charge in [-0.15, -0.1) is 0 Å². The summed E-state index contributed by atoms with van der Waals surface area (Å²) < 4.78 is 0. The van der Waals surface area contributed by atoms with E-state index in [-0.39, 0.29) is 5.75 Å². The van der Waals surface area contributed by atoms with Crippen LogP contribution in [-0.2, 0) is 0 Å². The molecule has 0 spiro atoms. The van der Waals surface area contributed by atoms with Crippen molar-refractivity contribution >= 4 is 11.7 Å².